The number of nitrogens with two attached hydrogens (primary N) is 9. The molecule has 0 radical (unpaired) electrons. The summed E-state index contributed by atoms with van der Waals surface area (Å²) in [6.45, 7) is 9.90. The first-order valence-electron chi connectivity index (χ1n) is 42.3. The number of nitrogens with one attached hydrogen (secondary N) is 14. The van der Waals surface area contributed by atoms with E-state index in [0.29, 0.717) is 17.5 Å². The standard InChI is InChI=1S/C80H133N25O23S2/c1-9-38(4)59(101-72(121)56-33-45(110)35-105(56)77(126)58(87)37(2)3)73(122)104-62(80(7,8)130)76(125)98-52(31-41-12-16-43(108)17-13-41)69(118)94-47(20-25-81)65(114)97-53(34-57(86)111)70(119)91-46(11-10-30-90-79(88)89)63(112)92-50(23-28-84)67(116)102-60(39(5)106)74(123)95-48(21-26-82)64(113)93-51(24-29-85)68(117)103-61(40(6)107)75(124)96-49(22-27-83)66(115)100-55(36-129)71(120)99-54(78(127)128)32-42-14-18-44(109)19-15-42/h12-19,37-40,45-56,58-62,106-110,129-130H,9-11,20-36,81-85,87H2,1-8H3,(H2,86,111)(H,91,119)(H,92,112)(H,93,113)(H,94,118)(H,95,123)(H,96,124)(H,97,114)(H,98,125)(H,99,120)(H,100,115)(H,101,121)(H,102,116)(H,103,117)(H,104,122)(H,127,128)(H4,88,89,90)/t38-,39+,40+,45+,46-,47-,48+,49-,50-,51-,52-,53-,54-,55-,56-,58-,59-,60-,61-,62+/m0/s1. The fourth-order valence-electron chi connectivity index (χ4n) is 13.2. The number of β-amino-alcohol motifs (C(OH)–C–C–N with tert-alkyl or cyclic N) is 1. The van der Waals surface area contributed by atoms with E-state index in [1.54, 1.807) is 27.7 Å². The molecule has 0 unspecified atom stereocenters. The first-order chi connectivity index (χ1) is 61.0. The Balaban J connectivity index is 1.90. The number of aliphatic carboxylic acids is 1. The SMILES string of the molecule is CC[C@H](C)[C@H](NC(=O)[C@@H]1C[C@@H](O)CN1C(=O)[C@@H](N)C(C)C)C(=O)N[C@H](C(=O)N[C@@H](Cc1ccc(O)cc1)C(=O)N[C@@H](CCN)C(=O)N[C@@H](CC(N)=O)C(=O)N[C@@H](CCCN=C(N)N)C(=O)N[C@@H](CCN)C(=O)N[C@H](C(=O)N[C@H](CCN)C(=O)N[C@@H](CCN)C(=O)N[C@H](C(=O)N[C@@H](CCN)C(=O)N[C@@H](CS)C(=O)N[C@@H](Cc1ccc(O)cc1)C(=O)O)[C@@H](C)O)[C@@H](C)O)C(C)(C)S. The van der Waals surface area contributed by atoms with Gasteiger partial charge < -0.3 is 162 Å². The predicted octanol–water partition coefficient (Wildman–Crippen LogP) is -11.2. The molecule has 1 saturated heterocycles. The number of aromatic hydroxyl groups is 2. The third-order valence-electron chi connectivity index (χ3n) is 20.9. The summed E-state index contributed by atoms with van der Waals surface area (Å²) in [7, 11) is 0. The maximum atomic E-state index is 14.8. The molecule has 0 spiro atoms. The van der Waals surface area contributed by atoms with Gasteiger partial charge in [-0.1, -0.05) is 58.4 Å². The summed E-state index contributed by atoms with van der Waals surface area (Å²) in [6, 6.07) is -14.9. The Labute approximate surface area is 763 Å². The first-order valence-corrected chi connectivity index (χ1v) is 43.4. The van der Waals surface area contributed by atoms with E-state index in [0.717, 1.165) is 18.7 Å². The molecule has 0 saturated carbocycles. The number of carbonyl (C=O) groups is 17. The molecular weight excluding hydrogens is 1740 g/mol. The molecule has 728 valence electrons. The number of aliphatic imine (C=N–C) groups is 1. The normalized spacial score (nSPS) is 17.3. The van der Waals surface area contributed by atoms with Gasteiger partial charge in [0.15, 0.2) is 5.96 Å². The minimum absolute atomic E-state index is 0.0922. The lowest BCUT2D eigenvalue weighted by atomic mass is 9.95. The van der Waals surface area contributed by atoms with Gasteiger partial charge in [-0.2, -0.15) is 25.3 Å². The van der Waals surface area contributed by atoms with Crippen LogP contribution in [0.2, 0.25) is 0 Å². The van der Waals surface area contributed by atoms with Crippen molar-refractivity contribution in [2.24, 2.45) is 68.4 Å². The number of carboxylic acid groups (broad SMARTS) is 1. The minimum atomic E-state index is -1.98. The van der Waals surface area contributed by atoms with Gasteiger partial charge in [0, 0.05) is 42.9 Å². The van der Waals surface area contributed by atoms with Crippen molar-refractivity contribution in [2.75, 3.05) is 51.6 Å². The van der Waals surface area contributed by atoms with Crippen LogP contribution in [0.3, 0.4) is 0 Å². The number of phenols is 2. The van der Waals surface area contributed by atoms with Crippen LogP contribution in [0, 0.1) is 11.8 Å². The number of aliphatic hydroxyl groups is 3. The fourth-order valence-corrected chi connectivity index (χ4v) is 13.7. The lowest BCUT2D eigenvalue weighted by Crippen LogP contribution is -2.64. The topological polar surface area (TPSA) is 830 Å². The molecule has 0 aromatic heterocycles. The highest BCUT2D eigenvalue weighted by molar-refractivity contribution is 7.81. The average Bonchev–Trinajstić information content (AvgIpc) is 1.55. The zero-order chi connectivity index (χ0) is 98.3. The number of phenolic OH excluding ortho intramolecular Hbond substituents is 2. The number of rotatable bonds is 57. The summed E-state index contributed by atoms with van der Waals surface area (Å²) >= 11 is 8.78. The molecule has 3 rings (SSSR count). The van der Waals surface area contributed by atoms with E-state index in [1.165, 1.54) is 62.4 Å². The van der Waals surface area contributed by atoms with E-state index in [1.807, 2.05) is 0 Å². The number of likely N-dealkylation sites (tertiary alicyclic amines) is 1. The molecule has 2 aromatic rings. The van der Waals surface area contributed by atoms with Crippen LogP contribution < -0.4 is 126 Å². The second-order valence-electron chi connectivity index (χ2n) is 32.5. The van der Waals surface area contributed by atoms with Crippen molar-refractivity contribution in [1.29, 1.82) is 0 Å². The highest BCUT2D eigenvalue weighted by atomic mass is 32.1. The van der Waals surface area contributed by atoms with Crippen molar-refractivity contribution in [3.05, 3.63) is 59.7 Å². The lowest BCUT2D eigenvalue weighted by Gasteiger charge is -2.34. The number of guanidine groups is 1. The number of hydrogen-bond donors (Lipinski definition) is 31. The van der Waals surface area contributed by atoms with Gasteiger partial charge in [-0.15, -0.1) is 0 Å². The number of hydrogen-bond acceptors (Lipinski definition) is 31. The molecule has 0 bridgehead atoms. The molecule has 38 N–H and O–H groups in total. The van der Waals surface area contributed by atoms with Gasteiger partial charge in [-0.25, -0.2) is 4.79 Å². The van der Waals surface area contributed by atoms with Crippen molar-refractivity contribution in [2.45, 2.75) is 252 Å². The number of benzene rings is 2. The van der Waals surface area contributed by atoms with E-state index < -0.39 is 245 Å². The zero-order valence-electron chi connectivity index (χ0n) is 74.0. The average molecular weight is 1880 g/mol. The van der Waals surface area contributed by atoms with Crippen LogP contribution in [0.5, 0.6) is 11.5 Å². The van der Waals surface area contributed by atoms with Gasteiger partial charge in [0.1, 0.15) is 102 Å². The van der Waals surface area contributed by atoms with Gasteiger partial charge in [0.2, 0.25) is 94.5 Å². The van der Waals surface area contributed by atoms with E-state index in [9.17, 15) is 112 Å². The van der Waals surface area contributed by atoms with Crippen LogP contribution in [0.15, 0.2) is 53.5 Å². The molecule has 50 heteroatoms. The maximum absolute atomic E-state index is 14.8. The highest BCUT2D eigenvalue weighted by Gasteiger charge is 2.46. The fraction of sp³-hybridized carbons (Fsp3) is 0.625. The number of carboxylic acids is 1. The monoisotopic (exact) mass is 1880 g/mol. The van der Waals surface area contributed by atoms with Gasteiger partial charge in [-0.3, -0.25) is 81.7 Å². The lowest BCUT2D eigenvalue weighted by molar-refractivity contribution is -0.142. The van der Waals surface area contributed by atoms with Gasteiger partial charge in [0.05, 0.1) is 30.8 Å². The summed E-state index contributed by atoms with van der Waals surface area (Å²) in [5, 5.41) is 96.2. The molecule has 16 amide bonds. The molecule has 1 heterocycles. The third-order valence-corrected chi connectivity index (χ3v) is 21.5. The molecule has 1 aliphatic heterocycles. The Morgan fingerprint density at radius 3 is 1.17 bits per heavy atom. The Hall–Kier alpha value is -11.4. The van der Waals surface area contributed by atoms with Crippen LogP contribution in [0.4, 0.5) is 0 Å². The number of primary amides is 1. The number of carbonyl (C=O) groups excluding carboxylic acids is 16. The van der Waals surface area contributed by atoms with Crippen molar-refractivity contribution < 1.29 is 112 Å². The maximum Gasteiger partial charge on any atom is 0.326 e. The van der Waals surface area contributed by atoms with Crippen LogP contribution in [-0.2, 0) is 94.3 Å². The number of thiol groups is 2. The molecule has 1 fully saturated rings. The number of amides is 16. The van der Waals surface area contributed by atoms with Crippen LogP contribution in [-0.4, -0.2) is 313 Å². The number of aliphatic hydroxyl groups excluding tert-OH is 3. The smallest absolute Gasteiger partial charge is 0.326 e. The van der Waals surface area contributed by atoms with Crippen LogP contribution >= 0.6 is 25.3 Å². The summed E-state index contributed by atoms with van der Waals surface area (Å²) in [6.07, 6.45) is -8.41. The summed E-state index contributed by atoms with van der Waals surface area (Å²) in [5.74, 6) is -20.5. The zero-order valence-corrected chi connectivity index (χ0v) is 75.8. The summed E-state index contributed by atoms with van der Waals surface area (Å²) < 4.78 is -1.46. The van der Waals surface area contributed by atoms with E-state index in [-0.39, 0.29) is 126 Å². The Bertz CT molecular complexity index is 4190. The largest absolute Gasteiger partial charge is 0.508 e. The second-order valence-corrected chi connectivity index (χ2v) is 34.0. The Kier molecular flexibility index (Phi) is 48.3. The highest BCUT2D eigenvalue weighted by Crippen LogP contribution is 2.24. The molecular formula is C80H133N25O23S2. The molecule has 2 aromatic carbocycles. The molecule has 1 aliphatic rings. The Morgan fingerprint density at radius 2 is 0.808 bits per heavy atom. The molecule has 48 nitrogen and oxygen atoms in total. The Morgan fingerprint density at radius 1 is 0.469 bits per heavy atom. The quantitative estimate of drug-likeness (QED) is 0.0127. The summed E-state index contributed by atoms with van der Waals surface area (Å²) in [5.41, 5.74) is 53.0. The van der Waals surface area contributed by atoms with Crippen LogP contribution in [0.25, 0.3) is 0 Å². The van der Waals surface area contributed by atoms with Crippen molar-refractivity contribution in [3.8, 4) is 11.5 Å². The predicted molar refractivity (Wildman–Crippen MR) is 479 cm³/mol. The second kappa shape index (κ2) is 55.6. The van der Waals surface area contributed by atoms with Crippen molar-refractivity contribution >= 4 is 132 Å². The van der Waals surface area contributed by atoms with Crippen LogP contribution in [0.1, 0.15) is 131 Å². The molecule has 130 heavy (non-hydrogen) atoms. The minimum Gasteiger partial charge on any atom is -0.508 e. The van der Waals surface area contributed by atoms with Crippen molar-refractivity contribution in [1.82, 2.24) is 79.3 Å². The number of nitrogens with zero attached hydrogens (tertiary/aromatic N) is 2. The summed E-state index contributed by atoms with van der Waals surface area (Å²) in [4.78, 5) is 243. The third kappa shape index (κ3) is 37.2. The van der Waals surface area contributed by atoms with Gasteiger partial charge >= 0.3 is 5.97 Å². The molecule has 0 aliphatic carbocycles. The van der Waals surface area contributed by atoms with E-state index in [2.05, 4.69) is 105 Å². The first kappa shape index (κ1) is 113. The van der Waals surface area contributed by atoms with Crippen molar-refractivity contribution in [3.63, 3.8) is 0 Å². The van der Waals surface area contributed by atoms with Gasteiger partial charge in [-0.05, 0) is 153 Å². The van der Waals surface area contributed by atoms with E-state index >= 15 is 0 Å². The van der Waals surface area contributed by atoms with E-state index in [4.69, 9.17) is 51.6 Å². The molecule has 20 atom stereocenters. The van der Waals surface area contributed by atoms with Gasteiger partial charge in [0.25, 0.3) is 0 Å².